The molecule has 0 spiro atoms. The van der Waals surface area contributed by atoms with Gasteiger partial charge in [0.1, 0.15) is 0 Å². The third kappa shape index (κ3) is 1.74. The molecule has 2 nitrogen and oxygen atoms in total. The van der Waals surface area contributed by atoms with E-state index in [-0.39, 0.29) is 6.04 Å². The van der Waals surface area contributed by atoms with Crippen LogP contribution in [0.1, 0.15) is 69.3 Å². The van der Waals surface area contributed by atoms with Crippen LogP contribution in [-0.2, 0) is 6.42 Å². The summed E-state index contributed by atoms with van der Waals surface area (Å²) in [5, 5.41) is 0. The smallest absolute Gasteiger partial charge is 0.0384 e. The quantitative estimate of drug-likeness (QED) is 0.788. The van der Waals surface area contributed by atoms with Gasteiger partial charge < -0.3 is 10.3 Å². The summed E-state index contributed by atoms with van der Waals surface area (Å²) < 4.78 is 2.56. The molecule has 2 unspecified atom stereocenters. The van der Waals surface area contributed by atoms with Crippen LogP contribution in [0.5, 0.6) is 0 Å². The molecule has 17 heavy (non-hydrogen) atoms. The zero-order valence-electron chi connectivity index (χ0n) is 11.1. The minimum atomic E-state index is 0.282. The predicted molar refractivity (Wildman–Crippen MR) is 71.0 cm³/mol. The first-order valence-corrected chi connectivity index (χ1v) is 7.05. The maximum atomic E-state index is 6.21. The number of fused-ring (bicyclic) bond motifs is 1. The Morgan fingerprint density at radius 3 is 2.82 bits per heavy atom. The van der Waals surface area contributed by atoms with Gasteiger partial charge in [-0.05, 0) is 49.1 Å². The molecule has 0 aromatic carbocycles. The van der Waals surface area contributed by atoms with Gasteiger partial charge in [0, 0.05) is 24.0 Å². The SMILES string of the molecule is CC1(C)CCCC1n1ccc2c1CCCC2N. The van der Waals surface area contributed by atoms with Gasteiger partial charge in [0.25, 0.3) is 0 Å². The van der Waals surface area contributed by atoms with E-state index in [4.69, 9.17) is 5.73 Å². The lowest BCUT2D eigenvalue weighted by Gasteiger charge is -2.31. The molecule has 94 valence electrons. The van der Waals surface area contributed by atoms with E-state index in [1.54, 1.807) is 0 Å². The number of hydrogen-bond donors (Lipinski definition) is 1. The van der Waals surface area contributed by atoms with Gasteiger partial charge in [-0.25, -0.2) is 0 Å². The molecule has 0 aliphatic heterocycles. The van der Waals surface area contributed by atoms with E-state index in [0.717, 1.165) is 6.42 Å². The predicted octanol–water partition coefficient (Wildman–Crippen LogP) is 3.58. The van der Waals surface area contributed by atoms with Crippen molar-refractivity contribution in [2.24, 2.45) is 11.1 Å². The van der Waals surface area contributed by atoms with Crippen LogP contribution in [0.4, 0.5) is 0 Å². The average molecular weight is 232 g/mol. The largest absolute Gasteiger partial charge is 0.348 e. The Bertz CT molecular complexity index is 417. The van der Waals surface area contributed by atoms with Gasteiger partial charge in [0.05, 0.1) is 0 Å². The summed E-state index contributed by atoms with van der Waals surface area (Å²) in [5.74, 6) is 0. The molecule has 0 saturated heterocycles. The molecular formula is C15H24N2. The summed E-state index contributed by atoms with van der Waals surface area (Å²) in [6.07, 6.45) is 10.0. The summed E-state index contributed by atoms with van der Waals surface area (Å²) in [6, 6.07) is 3.24. The average Bonchev–Trinajstić information content (AvgIpc) is 2.82. The molecule has 2 aliphatic carbocycles. The fourth-order valence-corrected chi connectivity index (χ4v) is 3.87. The standard InChI is InChI=1S/C15H24N2/c1-15(2)9-4-7-14(15)17-10-8-11-12(16)5-3-6-13(11)17/h8,10,12,14H,3-7,9,16H2,1-2H3. The summed E-state index contributed by atoms with van der Waals surface area (Å²) in [5.41, 5.74) is 9.61. The van der Waals surface area contributed by atoms with E-state index in [1.807, 2.05) is 0 Å². The van der Waals surface area contributed by atoms with Crippen LogP contribution in [0.3, 0.4) is 0 Å². The van der Waals surface area contributed by atoms with Crippen LogP contribution in [0.25, 0.3) is 0 Å². The van der Waals surface area contributed by atoms with Gasteiger partial charge >= 0.3 is 0 Å². The van der Waals surface area contributed by atoms with Crippen LogP contribution in [-0.4, -0.2) is 4.57 Å². The number of nitrogens with two attached hydrogens (primary N) is 1. The third-order valence-electron chi connectivity index (χ3n) is 4.92. The molecule has 3 rings (SSSR count). The molecule has 1 heterocycles. The molecule has 0 radical (unpaired) electrons. The fraction of sp³-hybridized carbons (Fsp3) is 0.733. The Morgan fingerprint density at radius 2 is 2.12 bits per heavy atom. The van der Waals surface area contributed by atoms with Crippen LogP contribution in [0.15, 0.2) is 12.3 Å². The number of nitrogens with zero attached hydrogens (tertiary/aromatic N) is 1. The van der Waals surface area contributed by atoms with Crippen molar-refractivity contribution in [1.29, 1.82) is 0 Å². The van der Waals surface area contributed by atoms with E-state index in [0.29, 0.717) is 11.5 Å². The molecule has 2 N–H and O–H groups in total. The molecule has 1 aromatic rings. The molecule has 0 amide bonds. The van der Waals surface area contributed by atoms with Crippen LogP contribution in [0.2, 0.25) is 0 Å². The Balaban J connectivity index is 1.99. The lowest BCUT2D eigenvalue weighted by Crippen LogP contribution is -2.25. The third-order valence-corrected chi connectivity index (χ3v) is 4.92. The molecule has 2 heteroatoms. The number of hydrogen-bond acceptors (Lipinski definition) is 1. The van der Waals surface area contributed by atoms with Gasteiger partial charge in [0.15, 0.2) is 0 Å². The van der Waals surface area contributed by atoms with Crippen molar-refractivity contribution in [3.05, 3.63) is 23.5 Å². The van der Waals surface area contributed by atoms with Crippen LogP contribution in [0, 0.1) is 5.41 Å². The van der Waals surface area contributed by atoms with Crippen molar-refractivity contribution in [3.8, 4) is 0 Å². The fourth-order valence-electron chi connectivity index (χ4n) is 3.87. The van der Waals surface area contributed by atoms with E-state index >= 15 is 0 Å². The summed E-state index contributed by atoms with van der Waals surface area (Å²) in [7, 11) is 0. The van der Waals surface area contributed by atoms with Gasteiger partial charge in [-0.15, -0.1) is 0 Å². The van der Waals surface area contributed by atoms with Gasteiger partial charge in [-0.1, -0.05) is 20.3 Å². The van der Waals surface area contributed by atoms with Crippen molar-refractivity contribution in [3.63, 3.8) is 0 Å². The Kier molecular flexibility index (Phi) is 2.58. The van der Waals surface area contributed by atoms with E-state index < -0.39 is 0 Å². The number of aromatic nitrogens is 1. The Labute approximate surface area is 104 Å². The molecule has 1 aromatic heterocycles. The zero-order chi connectivity index (χ0) is 12.0. The molecule has 1 fully saturated rings. The molecular weight excluding hydrogens is 208 g/mol. The van der Waals surface area contributed by atoms with Crippen molar-refractivity contribution in [2.75, 3.05) is 0 Å². The van der Waals surface area contributed by atoms with E-state index in [1.165, 1.54) is 43.4 Å². The topological polar surface area (TPSA) is 30.9 Å². The van der Waals surface area contributed by atoms with Crippen molar-refractivity contribution < 1.29 is 0 Å². The summed E-state index contributed by atoms with van der Waals surface area (Å²) in [4.78, 5) is 0. The van der Waals surface area contributed by atoms with Gasteiger partial charge in [-0.3, -0.25) is 0 Å². The highest BCUT2D eigenvalue weighted by Crippen LogP contribution is 2.47. The van der Waals surface area contributed by atoms with Crippen LogP contribution >= 0.6 is 0 Å². The highest BCUT2D eigenvalue weighted by atomic mass is 15.0. The van der Waals surface area contributed by atoms with E-state index in [9.17, 15) is 0 Å². The lowest BCUT2D eigenvalue weighted by molar-refractivity contribution is 0.255. The first kappa shape index (κ1) is 11.3. The molecule has 1 saturated carbocycles. The Hall–Kier alpha value is -0.760. The molecule has 2 aliphatic rings. The second-order valence-electron chi connectivity index (χ2n) is 6.52. The first-order chi connectivity index (χ1) is 8.09. The summed E-state index contributed by atoms with van der Waals surface area (Å²) >= 11 is 0. The first-order valence-electron chi connectivity index (χ1n) is 7.05. The zero-order valence-corrected chi connectivity index (χ0v) is 11.1. The summed E-state index contributed by atoms with van der Waals surface area (Å²) in [6.45, 7) is 4.83. The van der Waals surface area contributed by atoms with Gasteiger partial charge in [0.2, 0.25) is 0 Å². The highest BCUT2D eigenvalue weighted by Gasteiger charge is 2.37. The van der Waals surface area contributed by atoms with Crippen molar-refractivity contribution in [2.45, 2.75) is 64.5 Å². The lowest BCUT2D eigenvalue weighted by atomic mass is 9.86. The number of rotatable bonds is 1. The maximum Gasteiger partial charge on any atom is 0.0384 e. The molecule has 0 bridgehead atoms. The second kappa shape index (κ2) is 3.88. The minimum absolute atomic E-state index is 0.282. The monoisotopic (exact) mass is 232 g/mol. The van der Waals surface area contributed by atoms with Gasteiger partial charge in [-0.2, -0.15) is 0 Å². The van der Waals surface area contributed by atoms with Crippen molar-refractivity contribution in [1.82, 2.24) is 4.57 Å². The minimum Gasteiger partial charge on any atom is -0.348 e. The van der Waals surface area contributed by atoms with Crippen LogP contribution < -0.4 is 5.73 Å². The van der Waals surface area contributed by atoms with E-state index in [2.05, 4.69) is 30.7 Å². The molecule has 2 atom stereocenters. The normalized spacial score (nSPS) is 31.5. The maximum absolute atomic E-state index is 6.21. The Morgan fingerprint density at radius 1 is 1.29 bits per heavy atom. The second-order valence-corrected chi connectivity index (χ2v) is 6.52. The van der Waals surface area contributed by atoms with Crippen molar-refractivity contribution >= 4 is 0 Å². The highest BCUT2D eigenvalue weighted by molar-refractivity contribution is 5.29.